The smallest absolute Gasteiger partial charge is 0.233 e. The summed E-state index contributed by atoms with van der Waals surface area (Å²) in [6.07, 6.45) is 0. The first-order valence-electron chi connectivity index (χ1n) is 6.89. The number of nitrogens with zero attached hydrogens (tertiary/aromatic N) is 3. The van der Waals surface area contributed by atoms with Crippen molar-refractivity contribution in [3.63, 3.8) is 0 Å². The summed E-state index contributed by atoms with van der Waals surface area (Å²) in [4.78, 5) is 13.0. The number of hydrogen-bond donors (Lipinski definition) is 3. The molecule has 0 bridgehead atoms. The van der Waals surface area contributed by atoms with Crippen LogP contribution < -0.4 is 16.0 Å². The Balaban J connectivity index is 2.31. The molecule has 112 valence electrons. The highest BCUT2D eigenvalue weighted by Gasteiger charge is 2.07. The van der Waals surface area contributed by atoms with E-state index in [9.17, 15) is 0 Å². The number of aromatic nitrogens is 3. The molecule has 0 saturated heterocycles. The van der Waals surface area contributed by atoms with Crippen molar-refractivity contribution in [3.05, 3.63) is 28.8 Å². The molecule has 0 atom stereocenters. The van der Waals surface area contributed by atoms with Crippen molar-refractivity contribution < 1.29 is 0 Å². The van der Waals surface area contributed by atoms with Crippen LogP contribution >= 0.6 is 11.6 Å². The van der Waals surface area contributed by atoms with Crippen LogP contribution in [0.1, 0.15) is 19.4 Å². The predicted molar refractivity (Wildman–Crippen MR) is 87.6 cm³/mol. The Morgan fingerprint density at radius 1 is 0.952 bits per heavy atom. The van der Waals surface area contributed by atoms with E-state index >= 15 is 0 Å². The van der Waals surface area contributed by atoms with E-state index in [0.29, 0.717) is 22.9 Å². The molecule has 0 spiro atoms. The molecular weight excluding hydrogens is 288 g/mol. The predicted octanol–water partition coefficient (Wildman–Crippen LogP) is 3.44. The highest BCUT2D eigenvalue weighted by molar-refractivity contribution is 6.30. The van der Waals surface area contributed by atoms with E-state index in [1.165, 1.54) is 0 Å². The van der Waals surface area contributed by atoms with Crippen LogP contribution in [0.25, 0.3) is 0 Å². The first-order chi connectivity index (χ1) is 10.1. The summed E-state index contributed by atoms with van der Waals surface area (Å²) < 4.78 is 0. The van der Waals surface area contributed by atoms with Gasteiger partial charge in [-0.1, -0.05) is 17.7 Å². The summed E-state index contributed by atoms with van der Waals surface area (Å²) in [5.74, 6) is 1.54. The third-order valence-corrected chi connectivity index (χ3v) is 2.99. The third kappa shape index (κ3) is 4.19. The highest BCUT2D eigenvalue weighted by atomic mass is 35.5. The Bertz CT molecular complexity index is 592. The summed E-state index contributed by atoms with van der Waals surface area (Å²) >= 11 is 6.03. The SMILES string of the molecule is CCNc1nc(NCC)nc(Nc2cc(Cl)ccc2C)n1. The van der Waals surface area contributed by atoms with Crippen molar-refractivity contribution in [3.8, 4) is 0 Å². The zero-order valence-corrected chi connectivity index (χ0v) is 13.1. The quantitative estimate of drug-likeness (QED) is 0.759. The molecule has 0 amide bonds. The van der Waals surface area contributed by atoms with Crippen LogP contribution in [-0.4, -0.2) is 28.0 Å². The van der Waals surface area contributed by atoms with Crippen molar-refractivity contribution in [2.24, 2.45) is 0 Å². The Morgan fingerprint density at radius 3 is 2.10 bits per heavy atom. The molecule has 3 N–H and O–H groups in total. The third-order valence-electron chi connectivity index (χ3n) is 2.75. The average Bonchev–Trinajstić information content (AvgIpc) is 2.43. The van der Waals surface area contributed by atoms with Gasteiger partial charge in [-0.3, -0.25) is 0 Å². The second kappa shape index (κ2) is 7.08. The summed E-state index contributed by atoms with van der Waals surface area (Å²) in [5, 5.41) is 10.0. The maximum atomic E-state index is 6.03. The van der Waals surface area contributed by atoms with Crippen LogP contribution in [0.3, 0.4) is 0 Å². The Hall–Kier alpha value is -2.08. The van der Waals surface area contributed by atoms with Gasteiger partial charge in [-0.15, -0.1) is 0 Å². The van der Waals surface area contributed by atoms with Crippen LogP contribution in [0.15, 0.2) is 18.2 Å². The monoisotopic (exact) mass is 306 g/mol. The fraction of sp³-hybridized carbons (Fsp3) is 0.357. The fourth-order valence-corrected chi connectivity index (χ4v) is 1.93. The molecule has 2 rings (SSSR count). The molecule has 0 aliphatic rings. The molecule has 2 aromatic rings. The number of anilines is 4. The molecular formula is C14H19ClN6. The van der Waals surface area contributed by atoms with Gasteiger partial charge in [0.05, 0.1) is 0 Å². The zero-order chi connectivity index (χ0) is 15.2. The lowest BCUT2D eigenvalue weighted by Gasteiger charge is -2.11. The summed E-state index contributed by atoms with van der Waals surface area (Å²) in [6.45, 7) is 7.46. The minimum Gasteiger partial charge on any atom is -0.354 e. The molecule has 21 heavy (non-hydrogen) atoms. The van der Waals surface area contributed by atoms with E-state index in [-0.39, 0.29) is 0 Å². The second-order valence-corrected chi connectivity index (χ2v) is 4.89. The molecule has 7 heteroatoms. The van der Waals surface area contributed by atoms with Crippen LogP contribution in [0.2, 0.25) is 5.02 Å². The molecule has 0 aliphatic heterocycles. The molecule has 0 saturated carbocycles. The van der Waals surface area contributed by atoms with E-state index < -0.39 is 0 Å². The van der Waals surface area contributed by atoms with E-state index in [1.807, 2.05) is 39.0 Å². The van der Waals surface area contributed by atoms with E-state index in [0.717, 1.165) is 24.3 Å². The Morgan fingerprint density at radius 2 is 1.52 bits per heavy atom. The summed E-state index contributed by atoms with van der Waals surface area (Å²) in [5.41, 5.74) is 1.94. The number of rotatable bonds is 6. The Kier molecular flexibility index (Phi) is 5.16. The molecule has 0 unspecified atom stereocenters. The molecule has 0 radical (unpaired) electrons. The highest BCUT2D eigenvalue weighted by Crippen LogP contribution is 2.23. The topological polar surface area (TPSA) is 74.8 Å². The van der Waals surface area contributed by atoms with Gasteiger partial charge in [0.2, 0.25) is 17.8 Å². The summed E-state index contributed by atoms with van der Waals surface area (Å²) in [7, 11) is 0. The fourth-order valence-electron chi connectivity index (χ4n) is 1.76. The van der Waals surface area contributed by atoms with Gasteiger partial charge in [-0.2, -0.15) is 15.0 Å². The molecule has 1 aromatic carbocycles. The van der Waals surface area contributed by atoms with Crippen molar-refractivity contribution in [2.45, 2.75) is 20.8 Å². The normalized spacial score (nSPS) is 10.3. The largest absolute Gasteiger partial charge is 0.354 e. The lowest BCUT2D eigenvalue weighted by molar-refractivity contribution is 1.00. The van der Waals surface area contributed by atoms with Gasteiger partial charge in [0.15, 0.2) is 0 Å². The van der Waals surface area contributed by atoms with Crippen molar-refractivity contribution in [2.75, 3.05) is 29.0 Å². The van der Waals surface area contributed by atoms with Crippen molar-refractivity contribution >= 4 is 35.1 Å². The second-order valence-electron chi connectivity index (χ2n) is 4.45. The van der Waals surface area contributed by atoms with Crippen LogP contribution in [0.5, 0.6) is 0 Å². The molecule has 1 heterocycles. The van der Waals surface area contributed by atoms with Crippen LogP contribution in [0.4, 0.5) is 23.5 Å². The zero-order valence-electron chi connectivity index (χ0n) is 12.4. The standard InChI is InChI=1S/C14H19ClN6/c1-4-16-12-19-13(17-5-2)21-14(20-12)18-11-8-10(15)7-6-9(11)3/h6-8H,4-5H2,1-3H3,(H3,16,17,18,19,20,21). The van der Waals surface area contributed by atoms with E-state index in [1.54, 1.807) is 0 Å². The summed E-state index contributed by atoms with van der Waals surface area (Å²) in [6, 6.07) is 5.65. The molecule has 1 aromatic heterocycles. The van der Waals surface area contributed by atoms with Gasteiger partial charge in [0.25, 0.3) is 0 Å². The molecule has 6 nitrogen and oxygen atoms in total. The van der Waals surface area contributed by atoms with Gasteiger partial charge in [-0.05, 0) is 38.5 Å². The maximum absolute atomic E-state index is 6.03. The van der Waals surface area contributed by atoms with Crippen LogP contribution in [-0.2, 0) is 0 Å². The van der Waals surface area contributed by atoms with Gasteiger partial charge in [-0.25, -0.2) is 0 Å². The lowest BCUT2D eigenvalue weighted by atomic mass is 10.2. The first-order valence-corrected chi connectivity index (χ1v) is 7.27. The first kappa shape index (κ1) is 15.3. The molecule has 0 fully saturated rings. The average molecular weight is 307 g/mol. The number of halogens is 1. The minimum atomic E-state index is 0.474. The lowest BCUT2D eigenvalue weighted by Crippen LogP contribution is -2.11. The number of nitrogens with one attached hydrogen (secondary N) is 3. The van der Waals surface area contributed by atoms with Gasteiger partial charge in [0.1, 0.15) is 0 Å². The number of aryl methyl sites for hydroxylation is 1. The number of hydrogen-bond acceptors (Lipinski definition) is 6. The van der Waals surface area contributed by atoms with Crippen LogP contribution in [0, 0.1) is 6.92 Å². The number of benzene rings is 1. The van der Waals surface area contributed by atoms with Crippen molar-refractivity contribution in [1.29, 1.82) is 0 Å². The molecule has 0 aliphatic carbocycles. The van der Waals surface area contributed by atoms with Crippen molar-refractivity contribution in [1.82, 2.24) is 15.0 Å². The minimum absolute atomic E-state index is 0.474. The maximum Gasteiger partial charge on any atom is 0.233 e. The van der Waals surface area contributed by atoms with Gasteiger partial charge < -0.3 is 16.0 Å². The van der Waals surface area contributed by atoms with Gasteiger partial charge >= 0.3 is 0 Å². The van der Waals surface area contributed by atoms with Gasteiger partial charge in [0, 0.05) is 23.8 Å². The Labute approximate surface area is 129 Å². The van der Waals surface area contributed by atoms with E-state index in [2.05, 4.69) is 30.9 Å². The van der Waals surface area contributed by atoms with E-state index in [4.69, 9.17) is 11.6 Å².